The maximum atomic E-state index is 12.2. The number of amides is 1. The van der Waals surface area contributed by atoms with E-state index >= 15 is 0 Å². The SMILES string of the molecule is COc1cc(/C=C/C(=O)OCC(=O)N(C(C)C)C(C)C)ccc1OC(C)C. The summed E-state index contributed by atoms with van der Waals surface area (Å²) < 4.78 is 16.0. The molecule has 1 amide bonds. The molecule has 1 rings (SSSR count). The van der Waals surface area contributed by atoms with Crippen LogP contribution in [-0.4, -0.2) is 48.7 Å². The van der Waals surface area contributed by atoms with Gasteiger partial charge in [0.05, 0.1) is 13.2 Å². The summed E-state index contributed by atoms with van der Waals surface area (Å²) in [6, 6.07) is 5.47. The van der Waals surface area contributed by atoms with Crippen LogP contribution in [0, 0.1) is 0 Å². The first-order chi connectivity index (χ1) is 12.6. The molecule has 1 aromatic rings. The van der Waals surface area contributed by atoms with Crippen molar-refractivity contribution < 1.29 is 23.8 Å². The quantitative estimate of drug-likeness (QED) is 0.485. The summed E-state index contributed by atoms with van der Waals surface area (Å²) in [5, 5.41) is 0. The minimum atomic E-state index is -0.572. The van der Waals surface area contributed by atoms with E-state index in [0.29, 0.717) is 11.5 Å². The maximum Gasteiger partial charge on any atom is 0.331 e. The predicted molar refractivity (Wildman–Crippen MR) is 106 cm³/mol. The lowest BCUT2D eigenvalue weighted by atomic mass is 10.2. The summed E-state index contributed by atoms with van der Waals surface area (Å²) in [4.78, 5) is 25.8. The Balaban J connectivity index is 2.69. The molecule has 0 N–H and O–H groups in total. The summed E-state index contributed by atoms with van der Waals surface area (Å²) in [7, 11) is 1.56. The first-order valence-electron chi connectivity index (χ1n) is 9.16. The maximum absolute atomic E-state index is 12.2. The number of methoxy groups -OCH3 is 1. The highest BCUT2D eigenvalue weighted by atomic mass is 16.5. The van der Waals surface area contributed by atoms with E-state index in [0.717, 1.165) is 5.56 Å². The lowest BCUT2D eigenvalue weighted by Crippen LogP contribution is -2.44. The van der Waals surface area contributed by atoms with Crippen LogP contribution in [0.1, 0.15) is 47.1 Å². The lowest BCUT2D eigenvalue weighted by Gasteiger charge is -2.30. The normalized spacial score (nSPS) is 11.3. The van der Waals surface area contributed by atoms with E-state index in [9.17, 15) is 9.59 Å². The van der Waals surface area contributed by atoms with Crippen LogP contribution in [-0.2, 0) is 14.3 Å². The van der Waals surface area contributed by atoms with E-state index in [4.69, 9.17) is 14.2 Å². The third kappa shape index (κ3) is 7.33. The van der Waals surface area contributed by atoms with Gasteiger partial charge in [0.15, 0.2) is 18.1 Å². The van der Waals surface area contributed by atoms with Gasteiger partial charge in [-0.15, -0.1) is 0 Å². The summed E-state index contributed by atoms with van der Waals surface area (Å²) in [5.41, 5.74) is 0.761. The Bertz CT molecular complexity index is 657. The number of ether oxygens (including phenoxy) is 3. The summed E-state index contributed by atoms with van der Waals surface area (Å²) in [5.74, 6) is 0.440. The van der Waals surface area contributed by atoms with Gasteiger partial charge >= 0.3 is 5.97 Å². The molecule has 0 aromatic heterocycles. The first-order valence-corrected chi connectivity index (χ1v) is 9.16. The fourth-order valence-electron chi connectivity index (χ4n) is 2.73. The molecule has 150 valence electrons. The Hall–Kier alpha value is -2.50. The number of rotatable bonds is 9. The van der Waals surface area contributed by atoms with Crippen molar-refractivity contribution in [1.82, 2.24) is 4.90 Å². The van der Waals surface area contributed by atoms with Gasteiger partial charge in [-0.2, -0.15) is 0 Å². The fourth-order valence-corrected chi connectivity index (χ4v) is 2.73. The van der Waals surface area contributed by atoms with Crippen molar-refractivity contribution in [3.05, 3.63) is 29.8 Å². The molecule has 0 unspecified atom stereocenters. The van der Waals surface area contributed by atoms with Gasteiger partial charge in [-0.3, -0.25) is 4.79 Å². The van der Waals surface area contributed by atoms with Crippen LogP contribution in [0.3, 0.4) is 0 Å². The van der Waals surface area contributed by atoms with Gasteiger partial charge in [-0.05, 0) is 65.3 Å². The lowest BCUT2D eigenvalue weighted by molar-refractivity contribution is -0.150. The minimum absolute atomic E-state index is 0.0315. The Morgan fingerprint density at radius 3 is 2.19 bits per heavy atom. The smallest absolute Gasteiger partial charge is 0.331 e. The predicted octanol–water partition coefficient (Wildman–Crippen LogP) is 3.68. The molecule has 0 fully saturated rings. The highest BCUT2D eigenvalue weighted by Gasteiger charge is 2.20. The summed E-state index contributed by atoms with van der Waals surface area (Å²) in [6.07, 6.45) is 2.93. The molecule has 0 aliphatic carbocycles. The molecule has 1 aromatic carbocycles. The van der Waals surface area contributed by atoms with Crippen molar-refractivity contribution in [3.8, 4) is 11.5 Å². The van der Waals surface area contributed by atoms with Gasteiger partial charge in [0.2, 0.25) is 0 Å². The minimum Gasteiger partial charge on any atom is -0.493 e. The van der Waals surface area contributed by atoms with Crippen LogP contribution >= 0.6 is 0 Å². The molecule has 0 aliphatic heterocycles. The topological polar surface area (TPSA) is 65.1 Å². The van der Waals surface area contributed by atoms with Crippen molar-refractivity contribution in [2.45, 2.75) is 59.7 Å². The van der Waals surface area contributed by atoms with E-state index < -0.39 is 5.97 Å². The number of carbonyl (C=O) groups excluding carboxylic acids is 2. The molecule has 0 saturated heterocycles. The fraction of sp³-hybridized carbons (Fsp3) is 0.524. The zero-order valence-electron chi connectivity index (χ0n) is 17.3. The number of hydrogen-bond donors (Lipinski definition) is 0. The highest BCUT2D eigenvalue weighted by Crippen LogP contribution is 2.29. The van der Waals surface area contributed by atoms with Crippen LogP contribution in [0.5, 0.6) is 11.5 Å². The van der Waals surface area contributed by atoms with Crippen molar-refractivity contribution in [1.29, 1.82) is 0 Å². The Morgan fingerprint density at radius 1 is 1.04 bits per heavy atom. The summed E-state index contributed by atoms with van der Waals surface area (Å²) >= 11 is 0. The second-order valence-corrected chi connectivity index (χ2v) is 7.01. The molecule has 0 bridgehead atoms. The first kappa shape index (κ1) is 22.5. The van der Waals surface area contributed by atoms with Gasteiger partial charge in [-0.1, -0.05) is 6.07 Å². The second kappa shape index (κ2) is 10.6. The highest BCUT2D eigenvalue weighted by molar-refractivity contribution is 5.89. The molecule has 6 nitrogen and oxygen atoms in total. The number of benzene rings is 1. The second-order valence-electron chi connectivity index (χ2n) is 7.01. The Kier molecular flexibility index (Phi) is 8.85. The molecular formula is C21H31NO5. The Labute approximate surface area is 162 Å². The van der Waals surface area contributed by atoms with Gasteiger partial charge in [0.25, 0.3) is 5.91 Å². The number of nitrogens with zero attached hydrogens (tertiary/aromatic N) is 1. The zero-order chi connectivity index (χ0) is 20.6. The Morgan fingerprint density at radius 2 is 1.67 bits per heavy atom. The average molecular weight is 377 g/mol. The van der Waals surface area contributed by atoms with Crippen molar-refractivity contribution >= 4 is 18.0 Å². The van der Waals surface area contributed by atoms with E-state index in [2.05, 4.69) is 0 Å². The van der Waals surface area contributed by atoms with Crippen LogP contribution < -0.4 is 9.47 Å². The molecule has 0 heterocycles. The van der Waals surface area contributed by atoms with Gasteiger partial charge in [0, 0.05) is 18.2 Å². The molecule has 0 atom stereocenters. The summed E-state index contributed by atoms with van der Waals surface area (Å²) in [6.45, 7) is 11.3. The molecule has 0 radical (unpaired) electrons. The number of hydrogen-bond acceptors (Lipinski definition) is 5. The van der Waals surface area contributed by atoms with Gasteiger partial charge in [-0.25, -0.2) is 4.79 Å². The average Bonchev–Trinajstić information content (AvgIpc) is 2.57. The van der Waals surface area contributed by atoms with Gasteiger partial charge in [0.1, 0.15) is 0 Å². The molecule has 27 heavy (non-hydrogen) atoms. The third-order valence-electron chi connectivity index (χ3n) is 3.70. The van der Waals surface area contributed by atoms with Crippen LogP contribution in [0.15, 0.2) is 24.3 Å². The molecular weight excluding hydrogens is 346 g/mol. The van der Waals surface area contributed by atoms with Crippen LogP contribution in [0.4, 0.5) is 0 Å². The van der Waals surface area contributed by atoms with Gasteiger partial charge < -0.3 is 19.1 Å². The zero-order valence-corrected chi connectivity index (χ0v) is 17.3. The van der Waals surface area contributed by atoms with Crippen molar-refractivity contribution in [2.24, 2.45) is 0 Å². The number of carbonyl (C=O) groups is 2. The van der Waals surface area contributed by atoms with Crippen LogP contribution in [0.2, 0.25) is 0 Å². The van der Waals surface area contributed by atoms with E-state index in [1.165, 1.54) is 6.08 Å². The third-order valence-corrected chi connectivity index (χ3v) is 3.70. The molecule has 0 aliphatic rings. The standard InChI is InChI=1S/C21H31NO5/c1-14(2)22(15(3)4)20(23)13-26-21(24)11-9-17-8-10-18(27-16(5)6)19(12-17)25-7/h8-12,14-16H,13H2,1-7H3/b11-9+. The van der Waals surface area contributed by atoms with E-state index in [-0.39, 0.29) is 30.7 Å². The molecule has 6 heteroatoms. The van der Waals surface area contributed by atoms with Crippen LogP contribution in [0.25, 0.3) is 6.08 Å². The molecule has 0 saturated carbocycles. The molecule has 0 spiro atoms. The largest absolute Gasteiger partial charge is 0.493 e. The van der Waals surface area contributed by atoms with Crippen molar-refractivity contribution in [3.63, 3.8) is 0 Å². The van der Waals surface area contributed by atoms with E-state index in [1.807, 2.05) is 47.6 Å². The van der Waals surface area contributed by atoms with E-state index in [1.54, 1.807) is 30.2 Å². The monoisotopic (exact) mass is 377 g/mol. The van der Waals surface area contributed by atoms with Crippen molar-refractivity contribution in [2.75, 3.05) is 13.7 Å². The number of esters is 1.